The third-order valence-electron chi connectivity index (χ3n) is 2.96. The minimum absolute atomic E-state index is 0.701. The van der Waals surface area contributed by atoms with Crippen molar-refractivity contribution in [2.75, 3.05) is 19.6 Å². The summed E-state index contributed by atoms with van der Waals surface area (Å²) < 4.78 is 3.25. The van der Waals surface area contributed by atoms with Crippen LogP contribution in [0, 0.1) is 0 Å². The number of aromatic nitrogens is 2. The largest absolute Gasteiger partial charge is 0.329 e. The highest BCUT2D eigenvalue weighted by atomic mass is 79.9. The van der Waals surface area contributed by atoms with Crippen molar-refractivity contribution >= 4 is 15.9 Å². The number of nitrogens with zero attached hydrogens (tertiary/aromatic N) is 3. The molecule has 0 spiro atoms. The molecule has 0 bridgehead atoms. The van der Waals surface area contributed by atoms with E-state index >= 15 is 0 Å². The molecule has 0 aromatic carbocycles. The molecule has 5 heteroatoms. The summed E-state index contributed by atoms with van der Waals surface area (Å²) >= 11 is 3.67. The van der Waals surface area contributed by atoms with Crippen LogP contribution < -0.4 is 5.73 Å². The topological polar surface area (TPSA) is 47.1 Å². The molecule has 2 N–H and O–H groups in total. The molecular weight excluding hydrogens is 280 g/mol. The lowest BCUT2D eigenvalue weighted by Crippen LogP contribution is -2.30. The molecule has 1 heterocycles. The fourth-order valence-corrected chi connectivity index (χ4v) is 2.60. The Morgan fingerprint density at radius 1 is 1.35 bits per heavy atom. The fourth-order valence-electron chi connectivity index (χ4n) is 1.91. The molecule has 98 valence electrons. The third-order valence-corrected chi connectivity index (χ3v) is 3.88. The van der Waals surface area contributed by atoms with Crippen LogP contribution in [-0.2, 0) is 19.5 Å². The quantitative estimate of drug-likeness (QED) is 0.838. The van der Waals surface area contributed by atoms with Gasteiger partial charge in [0.1, 0.15) is 0 Å². The number of halogens is 1. The van der Waals surface area contributed by atoms with Crippen molar-refractivity contribution < 1.29 is 0 Å². The second kappa shape index (κ2) is 7.13. The molecule has 1 aromatic rings. The molecule has 0 aliphatic heterocycles. The Labute approximate surface area is 112 Å². The van der Waals surface area contributed by atoms with E-state index < -0.39 is 0 Å². The molecule has 4 nitrogen and oxygen atoms in total. The average Bonchev–Trinajstić information content (AvgIpc) is 2.65. The van der Waals surface area contributed by atoms with E-state index in [9.17, 15) is 0 Å². The molecule has 0 saturated carbocycles. The maximum Gasteiger partial charge on any atom is 0.0767 e. The highest BCUT2D eigenvalue weighted by molar-refractivity contribution is 9.10. The first-order chi connectivity index (χ1) is 8.17. The summed E-state index contributed by atoms with van der Waals surface area (Å²) in [5, 5.41) is 4.61. The van der Waals surface area contributed by atoms with Crippen molar-refractivity contribution in [1.29, 1.82) is 0 Å². The van der Waals surface area contributed by atoms with Crippen LogP contribution in [0.15, 0.2) is 4.47 Å². The van der Waals surface area contributed by atoms with E-state index in [-0.39, 0.29) is 0 Å². The van der Waals surface area contributed by atoms with Gasteiger partial charge in [-0.05, 0) is 35.8 Å². The molecule has 0 amide bonds. The first-order valence-electron chi connectivity index (χ1n) is 6.34. The van der Waals surface area contributed by atoms with E-state index in [1.807, 2.05) is 0 Å². The van der Waals surface area contributed by atoms with Crippen LogP contribution >= 0.6 is 15.9 Å². The fraction of sp³-hybridized carbons (Fsp3) is 0.750. The number of aryl methyl sites for hydroxylation is 2. The Bertz CT molecular complexity index is 349. The standard InChI is InChI=1S/C12H23BrN4/c1-4-10-12(13)11(17(6-3)15-10)9-16(5-2)8-7-14/h4-9,14H2,1-3H3. The van der Waals surface area contributed by atoms with E-state index in [2.05, 4.69) is 51.4 Å². The smallest absolute Gasteiger partial charge is 0.0767 e. The summed E-state index contributed by atoms with van der Waals surface area (Å²) in [6, 6.07) is 0. The van der Waals surface area contributed by atoms with E-state index in [1.165, 1.54) is 5.69 Å². The van der Waals surface area contributed by atoms with Gasteiger partial charge in [-0.25, -0.2) is 0 Å². The van der Waals surface area contributed by atoms with Crippen molar-refractivity contribution in [3.05, 3.63) is 15.9 Å². The van der Waals surface area contributed by atoms with Crippen LogP contribution in [0.3, 0.4) is 0 Å². The van der Waals surface area contributed by atoms with Gasteiger partial charge in [-0.15, -0.1) is 0 Å². The van der Waals surface area contributed by atoms with Crippen molar-refractivity contribution in [3.63, 3.8) is 0 Å². The monoisotopic (exact) mass is 302 g/mol. The van der Waals surface area contributed by atoms with Crippen LogP contribution in [0.1, 0.15) is 32.2 Å². The van der Waals surface area contributed by atoms with Gasteiger partial charge in [-0.3, -0.25) is 9.58 Å². The Morgan fingerprint density at radius 3 is 2.53 bits per heavy atom. The van der Waals surface area contributed by atoms with Gasteiger partial charge >= 0.3 is 0 Å². The number of hydrogen-bond donors (Lipinski definition) is 1. The first kappa shape index (κ1) is 14.7. The molecule has 0 aliphatic rings. The van der Waals surface area contributed by atoms with Crippen LogP contribution in [0.5, 0.6) is 0 Å². The molecule has 0 aliphatic carbocycles. The predicted octanol–water partition coefficient (Wildman–Crippen LogP) is 2.01. The van der Waals surface area contributed by atoms with E-state index in [4.69, 9.17) is 5.73 Å². The lowest BCUT2D eigenvalue weighted by molar-refractivity contribution is 0.278. The van der Waals surface area contributed by atoms with Crippen LogP contribution in [-0.4, -0.2) is 34.3 Å². The molecule has 0 saturated heterocycles. The summed E-state index contributed by atoms with van der Waals surface area (Å²) in [4.78, 5) is 2.34. The maximum atomic E-state index is 5.62. The van der Waals surface area contributed by atoms with E-state index in [0.717, 1.165) is 42.8 Å². The molecule has 17 heavy (non-hydrogen) atoms. The van der Waals surface area contributed by atoms with E-state index in [1.54, 1.807) is 0 Å². The van der Waals surface area contributed by atoms with E-state index in [0.29, 0.717) is 6.54 Å². The van der Waals surface area contributed by atoms with Gasteiger partial charge in [-0.2, -0.15) is 5.10 Å². The lowest BCUT2D eigenvalue weighted by atomic mass is 10.3. The number of rotatable bonds is 7. The molecule has 0 atom stereocenters. The zero-order chi connectivity index (χ0) is 12.8. The molecule has 0 radical (unpaired) electrons. The van der Waals surface area contributed by atoms with Crippen molar-refractivity contribution in [2.24, 2.45) is 5.73 Å². The van der Waals surface area contributed by atoms with Gasteiger partial charge in [0, 0.05) is 26.2 Å². The Kier molecular flexibility index (Phi) is 6.16. The van der Waals surface area contributed by atoms with Gasteiger partial charge in [0.15, 0.2) is 0 Å². The lowest BCUT2D eigenvalue weighted by Gasteiger charge is -2.20. The minimum Gasteiger partial charge on any atom is -0.329 e. The molecule has 0 fully saturated rings. The Balaban J connectivity index is 2.91. The van der Waals surface area contributed by atoms with Gasteiger partial charge in [-0.1, -0.05) is 13.8 Å². The summed E-state index contributed by atoms with van der Waals surface area (Å²) in [6.45, 7) is 10.9. The van der Waals surface area contributed by atoms with Gasteiger partial charge in [0.25, 0.3) is 0 Å². The van der Waals surface area contributed by atoms with Crippen molar-refractivity contribution in [2.45, 2.75) is 40.3 Å². The summed E-state index contributed by atoms with van der Waals surface area (Å²) in [5.74, 6) is 0. The summed E-state index contributed by atoms with van der Waals surface area (Å²) in [6.07, 6.45) is 0.962. The zero-order valence-corrected chi connectivity index (χ0v) is 12.6. The first-order valence-corrected chi connectivity index (χ1v) is 7.13. The molecule has 0 unspecified atom stereocenters. The SMILES string of the molecule is CCc1nn(CC)c(CN(CC)CCN)c1Br. The second-order valence-corrected chi connectivity index (χ2v) is 4.83. The summed E-state index contributed by atoms with van der Waals surface area (Å²) in [5.41, 5.74) is 8.03. The van der Waals surface area contributed by atoms with Crippen molar-refractivity contribution in [3.8, 4) is 0 Å². The van der Waals surface area contributed by atoms with Crippen LogP contribution in [0.25, 0.3) is 0 Å². The zero-order valence-electron chi connectivity index (χ0n) is 11.0. The van der Waals surface area contributed by atoms with Gasteiger partial charge < -0.3 is 5.73 Å². The average molecular weight is 303 g/mol. The Morgan fingerprint density at radius 2 is 2.06 bits per heavy atom. The van der Waals surface area contributed by atoms with Crippen molar-refractivity contribution in [1.82, 2.24) is 14.7 Å². The molecular formula is C12H23BrN4. The number of hydrogen-bond acceptors (Lipinski definition) is 3. The van der Waals surface area contributed by atoms with Gasteiger partial charge in [0.2, 0.25) is 0 Å². The van der Waals surface area contributed by atoms with Crippen LogP contribution in [0.4, 0.5) is 0 Å². The maximum absolute atomic E-state index is 5.62. The minimum atomic E-state index is 0.701. The predicted molar refractivity (Wildman–Crippen MR) is 75.0 cm³/mol. The van der Waals surface area contributed by atoms with Gasteiger partial charge in [0.05, 0.1) is 15.9 Å². The normalized spacial score (nSPS) is 11.4. The third kappa shape index (κ3) is 3.53. The highest BCUT2D eigenvalue weighted by Gasteiger charge is 2.15. The molecule has 1 aromatic heterocycles. The van der Waals surface area contributed by atoms with Crippen LogP contribution in [0.2, 0.25) is 0 Å². The second-order valence-electron chi connectivity index (χ2n) is 4.03. The number of nitrogens with two attached hydrogens (primary N) is 1. The Hall–Kier alpha value is -0.390. The number of likely N-dealkylation sites (N-methyl/N-ethyl adjacent to an activating group) is 1. The molecule has 1 rings (SSSR count). The highest BCUT2D eigenvalue weighted by Crippen LogP contribution is 2.23. The summed E-state index contributed by atoms with van der Waals surface area (Å²) in [7, 11) is 0.